The summed E-state index contributed by atoms with van der Waals surface area (Å²) in [6, 6.07) is 4.18. The van der Waals surface area contributed by atoms with Gasteiger partial charge >= 0.3 is 5.69 Å². The van der Waals surface area contributed by atoms with E-state index in [9.17, 15) is 14.5 Å². The van der Waals surface area contributed by atoms with Crippen LogP contribution >= 0.6 is 0 Å². The minimum atomic E-state index is -0.788. The molecule has 0 amide bonds. The molecule has 0 heterocycles. The number of hydrogen-bond donors (Lipinski definition) is 1. The number of nitro benzene ring substituents is 1. The molecule has 1 aliphatic rings. The maximum Gasteiger partial charge on any atom is 0.327 e. The van der Waals surface area contributed by atoms with Crippen LogP contribution in [-0.4, -0.2) is 10.5 Å². The van der Waals surface area contributed by atoms with Gasteiger partial charge in [0, 0.05) is 5.54 Å². The number of nitrogens with one attached hydrogen (secondary N) is 1. The summed E-state index contributed by atoms with van der Waals surface area (Å²) < 4.78 is 13.5. The average molecular weight is 252 g/mol. The van der Waals surface area contributed by atoms with Crippen LogP contribution in [0.3, 0.4) is 0 Å². The van der Waals surface area contributed by atoms with Crippen LogP contribution < -0.4 is 5.32 Å². The first-order valence-electron chi connectivity index (χ1n) is 6.23. The van der Waals surface area contributed by atoms with Crippen LogP contribution in [0.2, 0.25) is 0 Å². The van der Waals surface area contributed by atoms with E-state index in [0.29, 0.717) is 0 Å². The molecule has 0 aliphatic heterocycles. The molecule has 1 aliphatic carbocycles. The average Bonchev–Trinajstić information content (AvgIpc) is 2.28. The molecule has 0 spiro atoms. The van der Waals surface area contributed by atoms with Gasteiger partial charge in [-0.3, -0.25) is 10.1 Å². The van der Waals surface area contributed by atoms with Gasteiger partial charge in [-0.15, -0.1) is 0 Å². The van der Waals surface area contributed by atoms with E-state index in [2.05, 4.69) is 5.32 Å². The summed E-state index contributed by atoms with van der Waals surface area (Å²) in [7, 11) is 0. The van der Waals surface area contributed by atoms with Gasteiger partial charge in [0.2, 0.25) is 5.82 Å². The topological polar surface area (TPSA) is 55.2 Å². The molecule has 4 nitrogen and oxygen atoms in total. The van der Waals surface area contributed by atoms with Crippen LogP contribution in [0.25, 0.3) is 0 Å². The number of para-hydroxylation sites is 1. The van der Waals surface area contributed by atoms with Crippen LogP contribution in [-0.2, 0) is 0 Å². The van der Waals surface area contributed by atoms with Gasteiger partial charge in [-0.1, -0.05) is 25.3 Å². The van der Waals surface area contributed by atoms with Crippen LogP contribution in [0.15, 0.2) is 18.2 Å². The van der Waals surface area contributed by atoms with E-state index in [1.165, 1.54) is 12.5 Å². The standard InChI is InChI=1S/C13H17FN2O2/c1-13(8-3-2-4-9-13)15-11-7-5-6-10(14)12(11)16(17)18/h5-7,15H,2-4,8-9H2,1H3. The Kier molecular flexibility index (Phi) is 3.50. The molecule has 1 fully saturated rings. The molecule has 98 valence electrons. The number of anilines is 1. The summed E-state index contributed by atoms with van der Waals surface area (Å²) >= 11 is 0. The van der Waals surface area contributed by atoms with Gasteiger partial charge in [0.05, 0.1) is 4.92 Å². The third kappa shape index (κ3) is 2.60. The maximum absolute atomic E-state index is 13.5. The van der Waals surface area contributed by atoms with Crippen molar-refractivity contribution in [3.8, 4) is 0 Å². The van der Waals surface area contributed by atoms with E-state index in [4.69, 9.17) is 0 Å². The van der Waals surface area contributed by atoms with Gasteiger partial charge < -0.3 is 5.32 Å². The zero-order valence-electron chi connectivity index (χ0n) is 10.4. The molecule has 0 atom stereocenters. The number of nitrogens with zero attached hydrogens (tertiary/aromatic N) is 1. The summed E-state index contributed by atoms with van der Waals surface area (Å²) in [6.45, 7) is 2.04. The zero-order chi connectivity index (χ0) is 13.2. The number of rotatable bonds is 3. The minimum Gasteiger partial charge on any atom is -0.374 e. The highest BCUT2D eigenvalue weighted by Crippen LogP contribution is 2.35. The van der Waals surface area contributed by atoms with Gasteiger partial charge in [-0.05, 0) is 31.9 Å². The molecule has 1 aromatic carbocycles. The summed E-state index contributed by atoms with van der Waals surface area (Å²) in [6.07, 6.45) is 5.32. The van der Waals surface area contributed by atoms with E-state index in [1.807, 2.05) is 6.92 Å². The van der Waals surface area contributed by atoms with Crippen LogP contribution in [0.1, 0.15) is 39.0 Å². The highest BCUT2D eigenvalue weighted by Gasteiger charge is 2.30. The van der Waals surface area contributed by atoms with Crippen molar-refractivity contribution in [2.45, 2.75) is 44.6 Å². The van der Waals surface area contributed by atoms with Crippen molar-refractivity contribution in [1.82, 2.24) is 0 Å². The highest BCUT2D eigenvalue weighted by molar-refractivity contribution is 5.63. The van der Waals surface area contributed by atoms with Crippen molar-refractivity contribution < 1.29 is 9.31 Å². The van der Waals surface area contributed by atoms with Gasteiger partial charge in [-0.25, -0.2) is 0 Å². The van der Waals surface area contributed by atoms with Crippen molar-refractivity contribution in [2.75, 3.05) is 5.32 Å². The van der Waals surface area contributed by atoms with E-state index >= 15 is 0 Å². The summed E-state index contributed by atoms with van der Waals surface area (Å²) in [4.78, 5) is 10.3. The Morgan fingerprint density at radius 1 is 1.33 bits per heavy atom. The first kappa shape index (κ1) is 12.8. The summed E-state index contributed by atoms with van der Waals surface area (Å²) in [5.74, 6) is -0.788. The molecule has 0 radical (unpaired) electrons. The number of nitro groups is 1. The second kappa shape index (κ2) is 4.92. The lowest BCUT2D eigenvalue weighted by Gasteiger charge is -2.35. The Hall–Kier alpha value is -1.65. The molecule has 0 bridgehead atoms. The van der Waals surface area contributed by atoms with Gasteiger partial charge in [0.1, 0.15) is 5.69 Å². The van der Waals surface area contributed by atoms with E-state index in [1.54, 1.807) is 6.07 Å². The Morgan fingerprint density at radius 2 is 2.00 bits per heavy atom. The van der Waals surface area contributed by atoms with Crippen LogP contribution in [0.5, 0.6) is 0 Å². The zero-order valence-corrected chi connectivity index (χ0v) is 10.4. The second-order valence-corrected chi connectivity index (χ2v) is 5.14. The first-order valence-corrected chi connectivity index (χ1v) is 6.23. The lowest BCUT2D eigenvalue weighted by Crippen LogP contribution is -2.37. The minimum absolute atomic E-state index is 0.170. The SMILES string of the molecule is CC1(Nc2cccc(F)c2[N+](=O)[O-])CCCCC1. The first-order chi connectivity index (χ1) is 8.52. The molecule has 5 heteroatoms. The fraction of sp³-hybridized carbons (Fsp3) is 0.538. The lowest BCUT2D eigenvalue weighted by molar-refractivity contribution is -0.386. The molecule has 1 aromatic rings. The molecule has 1 N–H and O–H groups in total. The fourth-order valence-corrected chi connectivity index (χ4v) is 2.58. The molecule has 18 heavy (non-hydrogen) atoms. The Bertz CT molecular complexity index is 456. The predicted molar refractivity (Wildman–Crippen MR) is 68.2 cm³/mol. The van der Waals surface area contributed by atoms with E-state index in [-0.39, 0.29) is 11.2 Å². The molecule has 1 saturated carbocycles. The van der Waals surface area contributed by atoms with Crippen molar-refractivity contribution in [3.05, 3.63) is 34.1 Å². The predicted octanol–water partition coefficient (Wildman–Crippen LogP) is 3.87. The van der Waals surface area contributed by atoms with E-state index < -0.39 is 16.4 Å². The molecular formula is C13H17FN2O2. The van der Waals surface area contributed by atoms with Crippen LogP contribution in [0, 0.1) is 15.9 Å². The van der Waals surface area contributed by atoms with E-state index in [0.717, 1.165) is 31.7 Å². The summed E-state index contributed by atoms with van der Waals surface area (Å²) in [5, 5.41) is 14.1. The number of hydrogen-bond acceptors (Lipinski definition) is 3. The highest BCUT2D eigenvalue weighted by atomic mass is 19.1. The fourth-order valence-electron chi connectivity index (χ4n) is 2.58. The molecule has 2 rings (SSSR count). The van der Waals surface area contributed by atoms with Crippen molar-refractivity contribution >= 4 is 11.4 Å². The quantitative estimate of drug-likeness (QED) is 0.656. The van der Waals surface area contributed by atoms with Crippen molar-refractivity contribution in [3.63, 3.8) is 0 Å². The van der Waals surface area contributed by atoms with Crippen molar-refractivity contribution in [1.29, 1.82) is 0 Å². The number of halogens is 1. The smallest absolute Gasteiger partial charge is 0.327 e. The van der Waals surface area contributed by atoms with Gasteiger partial charge in [0.25, 0.3) is 0 Å². The summed E-state index contributed by atoms with van der Waals surface area (Å²) in [5.41, 5.74) is -0.342. The normalized spacial score (nSPS) is 18.3. The molecular weight excluding hydrogens is 235 g/mol. The molecule has 0 unspecified atom stereocenters. The Balaban J connectivity index is 2.28. The monoisotopic (exact) mass is 252 g/mol. The molecule has 0 saturated heterocycles. The third-order valence-electron chi connectivity index (χ3n) is 3.56. The Labute approximate surface area is 105 Å². The van der Waals surface area contributed by atoms with Crippen LogP contribution in [0.4, 0.5) is 15.8 Å². The van der Waals surface area contributed by atoms with Gasteiger partial charge in [-0.2, -0.15) is 4.39 Å². The number of benzene rings is 1. The lowest BCUT2D eigenvalue weighted by atomic mass is 9.83. The van der Waals surface area contributed by atoms with Crippen molar-refractivity contribution in [2.24, 2.45) is 0 Å². The second-order valence-electron chi connectivity index (χ2n) is 5.14. The third-order valence-corrected chi connectivity index (χ3v) is 3.56. The maximum atomic E-state index is 13.5. The largest absolute Gasteiger partial charge is 0.374 e. The Morgan fingerprint density at radius 3 is 2.61 bits per heavy atom. The molecule has 0 aromatic heterocycles. The van der Waals surface area contributed by atoms with Gasteiger partial charge in [0.15, 0.2) is 0 Å².